The lowest BCUT2D eigenvalue weighted by molar-refractivity contribution is -0.117. The van der Waals surface area contributed by atoms with E-state index in [0.717, 1.165) is 11.1 Å². The second-order valence-electron chi connectivity index (χ2n) is 7.45. The number of ether oxygens (including phenoxy) is 1. The number of Topliss-reactive ketones (excluding diaryl/α,β-unsaturated/α-hetero) is 1. The van der Waals surface area contributed by atoms with E-state index in [9.17, 15) is 14.7 Å². The predicted octanol–water partition coefficient (Wildman–Crippen LogP) is 5.19. The van der Waals surface area contributed by atoms with Gasteiger partial charge in [-0.1, -0.05) is 60.7 Å². The zero-order chi connectivity index (χ0) is 21.8. The van der Waals surface area contributed by atoms with Gasteiger partial charge in [-0.25, -0.2) is 4.79 Å². The largest absolute Gasteiger partial charge is 0.507 e. The van der Waals surface area contributed by atoms with Crippen LogP contribution in [-0.4, -0.2) is 10.9 Å². The Morgan fingerprint density at radius 1 is 1.00 bits per heavy atom. The molecule has 31 heavy (non-hydrogen) atoms. The molecule has 4 aromatic rings. The summed E-state index contributed by atoms with van der Waals surface area (Å²) < 4.78 is 11.3. The molecule has 5 heteroatoms. The quantitative estimate of drug-likeness (QED) is 0.421. The van der Waals surface area contributed by atoms with Crippen molar-refractivity contribution in [3.63, 3.8) is 0 Å². The maximum Gasteiger partial charge on any atom is 0.343 e. The molecular formula is C26H22O5. The first-order valence-electron chi connectivity index (χ1n) is 10.0. The standard InChI is InChI=1S/C26H22O5/c1-17(27)14-21(19-10-6-3-7-11-19)24-25(28)22-15-20(12-13-23(22)31-26(24)29)30-16-18-8-4-2-5-9-18/h2-13,15,21,28H,14,16H2,1H3. The van der Waals surface area contributed by atoms with Crippen molar-refractivity contribution < 1.29 is 19.1 Å². The second-order valence-corrected chi connectivity index (χ2v) is 7.45. The first-order valence-corrected chi connectivity index (χ1v) is 10.0. The zero-order valence-electron chi connectivity index (χ0n) is 17.1. The normalized spacial score (nSPS) is 11.9. The van der Waals surface area contributed by atoms with Crippen LogP contribution in [0.15, 0.2) is 88.1 Å². The van der Waals surface area contributed by atoms with Crippen molar-refractivity contribution in [2.45, 2.75) is 25.9 Å². The van der Waals surface area contributed by atoms with Crippen molar-refractivity contribution in [1.29, 1.82) is 0 Å². The molecule has 0 saturated heterocycles. The molecule has 0 radical (unpaired) electrons. The number of aromatic hydroxyl groups is 1. The van der Waals surface area contributed by atoms with Crippen LogP contribution in [0.3, 0.4) is 0 Å². The number of hydrogen-bond acceptors (Lipinski definition) is 5. The van der Waals surface area contributed by atoms with Gasteiger partial charge in [0.1, 0.15) is 29.5 Å². The molecular weight excluding hydrogens is 392 g/mol. The molecule has 0 spiro atoms. The molecule has 0 fully saturated rings. The third kappa shape index (κ3) is 4.51. The summed E-state index contributed by atoms with van der Waals surface area (Å²) in [5.74, 6) is -0.346. The summed E-state index contributed by atoms with van der Waals surface area (Å²) in [6.45, 7) is 1.83. The minimum atomic E-state index is -0.655. The van der Waals surface area contributed by atoms with E-state index in [4.69, 9.17) is 9.15 Å². The fourth-order valence-electron chi connectivity index (χ4n) is 3.68. The highest BCUT2D eigenvalue weighted by Gasteiger charge is 2.26. The summed E-state index contributed by atoms with van der Waals surface area (Å²) in [7, 11) is 0. The van der Waals surface area contributed by atoms with Gasteiger partial charge in [-0.2, -0.15) is 0 Å². The van der Waals surface area contributed by atoms with Crippen LogP contribution >= 0.6 is 0 Å². The Morgan fingerprint density at radius 2 is 1.68 bits per heavy atom. The molecule has 1 N–H and O–H groups in total. The highest BCUT2D eigenvalue weighted by atomic mass is 16.5. The molecule has 4 rings (SSSR count). The third-order valence-electron chi connectivity index (χ3n) is 5.17. The molecule has 1 unspecified atom stereocenters. The van der Waals surface area contributed by atoms with Crippen LogP contribution in [0, 0.1) is 0 Å². The van der Waals surface area contributed by atoms with Crippen LogP contribution in [0.2, 0.25) is 0 Å². The number of hydrogen-bond donors (Lipinski definition) is 1. The molecule has 0 bridgehead atoms. The number of carbonyl (C=O) groups excluding carboxylic acids is 1. The molecule has 0 amide bonds. The number of ketones is 1. The number of benzene rings is 3. The molecule has 156 valence electrons. The van der Waals surface area contributed by atoms with Gasteiger partial charge in [0.25, 0.3) is 0 Å². The van der Waals surface area contributed by atoms with Crippen molar-refractivity contribution >= 4 is 16.8 Å². The Hall–Kier alpha value is -3.86. The van der Waals surface area contributed by atoms with Crippen LogP contribution < -0.4 is 10.4 Å². The molecule has 5 nitrogen and oxygen atoms in total. The van der Waals surface area contributed by atoms with E-state index in [1.165, 1.54) is 6.92 Å². The molecule has 0 aliphatic rings. The van der Waals surface area contributed by atoms with E-state index in [1.54, 1.807) is 18.2 Å². The van der Waals surface area contributed by atoms with E-state index >= 15 is 0 Å². The maximum absolute atomic E-state index is 12.8. The molecule has 0 aliphatic carbocycles. The van der Waals surface area contributed by atoms with Crippen LogP contribution in [0.25, 0.3) is 11.0 Å². The van der Waals surface area contributed by atoms with Gasteiger partial charge in [-0.05, 0) is 36.2 Å². The van der Waals surface area contributed by atoms with E-state index in [0.29, 0.717) is 17.7 Å². The average Bonchev–Trinajstić information content (AvgIpc) is 2.78. The second kappa shape index (κ2) is 8.88. The molecule has 3 aromatic carbocycles. The number of fused-ring (bicyclic) bond motifs is 1. The van der Waals surface area contributed by atoms with Gasteiger partial charge in [-0.3, -0.25) is 4.79 Å². The lowest BCUT2D eigenvalue weighted by atomic mass is 9.87. The lowest BCUT2D eigenvalue weighted by Crippen LogP contribution is -2.16. The summed E-state index contributed by atoms with van der Waals surface area (Å²) in [4.78, 5) is 24.7. The summed E-state index contributed by atoms with van der Waals surface area (Å²) in [5.41, 5.74) is 1.45. The first-order chi connectivity index (χ1) is 15.0. The number of rotatable bonds is 7. The smallest absolute Gasteiger partial charge is 0.343 e. The summed E-state index contributed by atoms with van der Waals surface area (Å²) in [6.07, 6.45) is 0.0814. The molecule has 1 heterocycles. The molecule has 1 atom stereocenters. The minimum Gasteiger partial charge on any atom is -0.507 e. The summed E-state index contributed by atoms with van der Waals surface area (Å²) in [5, 5.41) is 11.4. The van der Waals surface area contributed by atoms with Gasteiger partial charge in [0.2, 0.25) is 0 Å². The Balaban J connectivity index is 1.76. The summed E-state index contributed by atoms with van der Waals surface area (Å²) in [6, 6.07) is 23.8. The van der Waals surface area contributed by atoms with E-state index < -0.39 is 11.5 Å². The fourth-order valence-corrected chi connectivity index (χ4v) is 3.68. The van der Waals surface area contributed by atoms with Gasteiger partial charge in [0, 0.05) is 12.3 Å². The average molecular weight is 414 g/mol. The third-order valence-corrected chi connectivity index (χ3v) is 5.17. The first kappa shape index (κ1) is 20.4. The Kier molecular flexibility index (Phi) is 5.85. The van der Waals surface area contributed by atoms with Crippen molar-refractivity contribution in [3.05, 3.63) is 106 Å². The van der Waals surface area contributed by atoms with Gasteiger partial charge >= 0.3 is 5.63 Å². The molecule has 0 saturated carbocycles. The predicted molar refractivity (Wildman–Crippen MR) is 119 cm³/mol. The number of carbonyl (C=O) groups is 1. The Morgan fingerprint density at radius 3 is 2.35 bits per heavy atom. The van der Waals surface area contributed by atoms with Crippen LogP contribution in [0.4, 0.5) is 0 Å². The highest BCUT2D eigenvalue weighted by Crippen LogP contribution is 2.37. The molecule has 0 aliphatic heterocycles. The van der Waals surface area contributed by atoms with Crippen LogP contribution in [0.1, 0.15) is 36.0 Å². The topological polar surface area (TPSA) is 76.7 Å². The van der Waals surface area contributed by atoms with Gasteiger partial charge in [-0.15, -0.1) is 0 Å². The lowest BCUT2D eigenvalue weighted by Gasteiger charge is -2.17. The van der Waals surface area contributed by atoms with E-state index in [1.807, 2.05) is 60.7 Å². The zero-order valence-corrected chi connectivity index (χ0v) is 17.1. The van der Waals surface area contributed by atoms with Crippen molar-refractivity contribution in [2.24, 2.45) is 0 Å². The maximum atomic E-state index is 12.8. The van der Waals surface area contributed by atoms with Crippen molar-refractivity contribution in [2.75, 3.05) is 0 Å². The van der Waals surface area contributed by atoms with Gasteiger partial charge in [0.05, 0.1) is 10.9 Å². The summed E-state index contributed by atoms with van der Waals surface area (Å²) >= 11 is 0. The SMILES string of the molecule is CC(=O)CC(c1ccccc1)c1c(O)c2cc(OCc3ccccc3)ccc2oc1=O. The Bertz CT molecular complexity index is 1260. The van der Waals surface area contributed by atoms with Gasteiger partial charge < -0.3 is 14.3 Å². The van der Waals surface area contributed by atoms with Crippen LogP contribution in [0.5, 0.6) is 11.5 Å². The van der Waals surface area contributed by atoms with Crippen molar-refractivity contribution in [3.8, 4) is 11.5 Å². The van der Waals surface area contributed by atoms with E-state index in [-0.39, 0.29) is 29.1 Å². The van der Waals surface area contributed by atoms with Gasteiger partial charge in [0.15, 0.2) is 0 Å². The van der Waals surface area contributed by atoms with Crippen LogP contribution in [-0.2, 0) is 11.4 Å². The molecule has 1 aromatic heterocycles. The highest BCUT2D eigenvalue weighted by molar-refractivity contribution is 5.86. The van der Waals surface area contributed by atoms with Crippen molar-refractivity contribution in [1.82, 2.24) is 0 Å². The van der Waals surface area contributed by atoms with E-state index in [2.05, 4.69) is 0 Å². The fraction of sp³-hybridized carbons (Fsp3) is 0.154. The Labute approximate surface area is 179 Å². The monoisotopic (exact) mass is 414 g/mol. The minimum absolute atomic E-state index is 0.0779.